The number of hydrogen-bond donors (Lipinski definition) is 1. The second kappa shape index (κ2) is 6.26. The highest BCUT2D eigenvalue weighted by atomic mass is 16.5. The average Bonchev–Trinajstić information content (AvgIpc) is 2.45. The molecule has 1 atom stereocenters. The molecule has 1 aromatic rings. The third kappa shape index (κ3) is 3.85. The van der Waals surface area contributed by atoms with Gasteiger partial charge in [-0.25, -0.2) is 0 Å². The standard InChI is InChI=1S/C15H23NO3/c1-15(5-4-6-19-11-15)16-10-12-7-13(17-2)9-14(8-12)18-3/h7-9,16H,4-6,10-11H2,1-3H3. The van der Waals surface area contributed by atoms with Gasteiger partial charge in [0.25, 0.3) is 0 Å². The van der Waals surface area contributed by atoms with Crippen molar-refractivity contribution in [3.05, 3.63) is 23.8 Å². The first-order valence-corrected chi connectivity index (χ1v) is 6.70. The van der Waals surface area contributed by atoms with Crippen LogP contribution in [0.1, 0.15) is 25.3 Å². The lowest BCUT2D eigenvalue weighted by Gasteiger charge is -2.34. The first kappa shape index (κ1) is 14.2. The van der Waals surface area contributed by atoms with Gasteiger partial charge in [-0.05, 0) is 37.5 Å². The van der Waals surface area contributed by atoms with Crippen LogP contribution >= 0.6 is 0 Å². The van der Waals surface area contributed by atoms with Crippen molar-refractivity contribution in [3.63, 3.8) is 0 Å². The molecular formula is C15H23NO3. The molecule has 1 N–H and O–H groups in total. The summed E-state index contributed by atoms with van der Waals surface area (Å²) < 4.78 is 16.1. The van der Waals surface area contributed by atoms with E-state index in [4.69, 9.17) is 14.2 Å². The second-order valence-corrected chi connectivity index (χ2v) is 5.29. The van der Waals surface area contributed by atoms with Gasteiger partial charge >= 0.3 is 0 Å². The third-order valence-corrected chi connectivity index (χ3v) is 3.57. The molecule has 1 aromatic carbocycles. The van der Waals surface area contributed by atoms with Crippen LogP contribution in [0, 0.1) is 0 Å². The molecule has 0 radical (unpaired) electrons. The Hall–Kier alpha value is -1.26. The van der Waals surface area contributed by atoms with Crippen LogP contribution in [0.3, 0.4) is 0 Å². The molecule has 0 aromatic heterocycles. The zero-order valence-corrected chi connectivity index (χ0v) is 12.0. The molecule has 0 bridgehead atoms. The first-order chi connectivity index (χ1) is 9.15. The lowest BCUT2D eigenvalue weighted by molar-refractivity contribution is 0.0278. The van der Waals surface area contributed by atoms with Gasteiger partial charge in [-0.15, -0.1) is 0 Å². The molecular weight excluding hydrogens is 242 g/mol. The fraction of sp³-hybridized carbons (Fsp3) is 0.600. The molecule has 1 aliphatic rings. The first-order valence-electron chi connectivity index (χ1n) is 6.70. The summed E-state index contributed by atoms with van der Waals surface area (Å²) in [6.07, 6.45) is 2.26. The van der Waals surface area contributed by atoms with Gasteiger partial charge in [-0.2, -0.15) is 0 Å². The minimum Gasteiger partial charge on any atom is -0.497 e. The number of rotatable bonds is 5. The van der Waals surface area contributed by atoms with Crippen molar-refractivity contribution in [1.82, 2.24) is 5.32 Å². The Labute approximate surface area is 115 Å². The predicted octanol–water partition coefficient (Wildman–Crippen LogP) is 2.36. The lowest BCUT2D eigenvalue weighted by Crippen LogP contribution is -2.48. The summed E-state index contributed by atoms with van der Waals surface area (Å²) in [4.78, 5) is 0. The largest absolute Gasteiger partial charge is 0.497 e. The Morgan fingerprint density at radius 2 is 1.89 bits per heavy atom. The Morgan fingerprint density at radius 1 is 1.21 bits per heavy atom. The van der Waals surface area contributed by atoms with E-state index in [9.17, 15) is 0 Å². The van der Waals surface area contributed by atoms with Crippen LogP contribution in [0.15, 0.2) is 18.2 Å². The van der Waals surface area contributed by atoms with E-state index in [1.165, 1.54) is 0 Å². The fourth-order valence-electron chi connectivity index (χ4n) is 2.36. The predicted molar refractivity (Wildman–Crippen MR) is 74.8 cm³/mol. The highest BCUT2D eigenvalue weighted by Crippen LogP contribution is 2.24. The van der Waals surface area contributed by atoms with Gasteiger partial charge in [0.1, 0.15) is 11.5 Å². The third-order valence-electron chi connectivity index (χ3n) is 3.57. The molecule has 0 amide bonds. The van der Waals surface area contributed by atoms with E-state index >= 15 is 0 Å². The molecule has 1 unspecified atom stereocenters. The quantitative estimate of drug-likeness (QED) is 0.887. The van der Waals surface area contributed by atoms with Crippen molar-refractivity contribution in [2.45, 2.75) is 31.8 Å². The van der Waals surface area contributed by atoms with E-state index in [1.54, 1.807) is 14.2 Å². The van der Waals surface area contributed by atoms with Crippen molar-refractivity contribution < 1.29 is 14.2 Å². The Morgan fingerprint density at radius 3 is 2.42 bits per heavy atom. The lowest BCUT2D eigenvalue weighted by atomic mass is 9.94. The van der Waals surface area contributed by atoms with Crippen molar-refractivity contribution in [3.8, 4) is 11.5 Å². The van der Waals surface area contributed by atoms with Crippen LogP contribution in [0.4, 0.5) is 0 Å². The van der Waals surface area contributed by atoms with Gasteiger partial charge in [0.15, 0.2) is 0 Å². The van der Waals surface area contributed by atoms with Crippen molar-refractivity contribution in [2.24, 2.45) is 0 Å². The highest BCUT2D eigenvalue weighted by molar-refractivity contribution is 5.38. The molecule has 0 saturated carbocycles. The molecule has 0 aliphatic carbocycles. The Bertz CT molecular complexity index is 392. The van der Waals surface area contributed by atoms with Gasteiger partial charge in [0.2, 0.25) is 0 Å². The number of methoxy groups -OCH3 is 2. The van der Waals surface area contributed by atoms with Gasteiger partial charge < -0.3 is 19.5 Å². The minimum absolute atomic E-state index is 0.0640. The molecule has 19 heavy (non-hydrogen) atoms. The molecule has 1 heterocycles. The summed E-state index contributed by atoms with van der Waals surface area (Å²) in [5.41, 5.74) is 1.22. The van der Waals surface area contributed by atoms with Gasteiger partial charge in [0.05, 0.1) is 20.8 Å². The Balaban J connectivity index is 2.02. The second-order valence-electron chi connectivity index (χ2n) is 5.29. The molecule has 106 valence electrons. The topological polar surface area (TPSA) is 39.7 Å². The number of nitrogens with one attached hydrogen (secondary N) is 1. The van der Waals surface area contributed by atoms with Crippen molar-refractivity contribution in [2.75, 3.05) is 27.4 Å². The van der Waals surface area contributed by atoms with E-state index in [0.29, 0.717) is 0 Å². The van der Waals surface area contributed by atoms with Gasteiger partial charge in [0, 0.05) is 24.8 Å². The molecule has 0 spiro atoms. The summed E-state index contributed by atoms with van der Waals surface area (Å²) in [7, 11) is 3.34. The summed E-state index contributed by atoms with van der Waals surface area (Å²) >= 11 is 0. The molecule has 1 fully saturated rings. The van der Waals surface area contributed by atoms with Gasteiger partial charge in [-0.3, -0.25) is 0 Å². The van der Waals surface area contributed by atoms with E-state index < -0.39 is 0 Å². The van der Waals surface area contributed by atoms with Crippen LogP contribution in [0.5, 0.6) is 11.5 Å². The molecule has 4 nitrogen and oxygen atoms in total. The monoisotopic (exact) mass is 265 g/mol. The normalized spacial score (nSPS) is 23.1. The zero-order valence-electron chi connectivity index (χ0n) is 12.0. The number of hydrogen-bond acceptors (Lipinski definition) is 4. The highest BCUT2D eigenvalue weighted by Gasteiger charge is 2.26. The SMILES string of the molecule is COc1cc(CNC2(C)CCCOC2)cc(OC)c1. The minimum atomic E-state index is 0.0640. The molecule has 4 heteroatoms. The van der Waals surface area contributed by atoms with Crippen LogP contribution in [-0.2, 0) is 11.3 Å². The molecule has 1 saturated heterocycles. The van der Waals surface area contributed by atoms with E-state index in [0.717, 1.165) is 49.7 Å². The maximum atomic E-state index is 5.55. The van der Waals surface area contributed by atoms with Crippen molar-refractivity contribution >= 4 is 0 Å². The zero-order chi connectivity index (χ0) is 13.7. The number of benzene rings is 1. The summed E-state index contributed by atoms with van der Waals surface area (Å²) in [5, 5.41) is 3.58. The molecule has 2 rings (SSSR count). The summed E-state index contributed by atoms with van der Waals surface area (Å²) in [5.74, 6) is 1.64. The van der Waals surface area contributed by atoms with Crippen LogP contribution < -0.4 is 14.8 Å². The maximum absolute atomic E-state index is 5.55. The molecule has 1 aliphatic heterocycles. The van der Waals surface area contributed by atoms with E-state index in [2.05, 4.69) is 12.2 Å². The van der Waals surface area contributed by atoms with Crippen LogP contribution in [-0.4, -0.2) is 33.0 Å². The fourth-order valence-corrected chi connectivity index (χ4v) is 2.36. The smallest absolute Gasteiger partial charge is 0.122 e. The van der Waals surface area contributed by atoms with E-state index in [1.807, 2.05) is 18.2 Å². The summed E-state index contributed by atoms with van der Waals surface area (Å²) in [6.45, 7) is 4.65. The average molecular weight is 265 g/mol. The van der Waals surface area contributed by atoms with Crippen LogP contribution in [0.25, 0.3) is 0 Å². The van der Waals surface area contributed by atoms with Gasteiger partial charge in [-0.1, -0.05) is 0 Å². The summed E-state index contributed by atoms with van der Waals surface area (Å²) in [6, 6.07) is 5.94. The number of ether oxygens (including phenoxy) is 3. The van der Waals surface area contributed by atoms with E-state index in [-0.39, 0.29) is 5.54 Å². The van der Waals surface area contributed by atoms with Crippen LogP contribution in [0.2, 0.25) is 0 Å². The Kier molecular flexibility index (Phi) is 4.66. The maximum Gasteiger partial charge on any atom is 0.122 e. The van der Waals surface area contributed by atoms with Crippen molar-refractivity contribution in [1.29, 1.82) is 0 Å².